The lowest BCUT2D eigenvalue weighted by Gasteiger charge is -2.13. The molecule has 0 aliphatic heterocycles. The van der Waals surface area contributed by atoms with Crippen LogP contribution in [0.1, 0.15) is 33.1 Å². The second-order valence-corrected chi connectivity index (χ2v) is 9.04. The maximum absolute atomic E-state index is 12.1. The summed E-state index contributed by atoms with van der Waals surface area (Å²) in [6, 6.07) is 3.23. The molecule has 27 heavy (non-hydrogen) atoms. The monoisotopic (exact) mass is 533 g/mol. The Morgan fingerprint density at radius 2 is 2.04 bits per heavy atom. The predicted molar refractivity (Wildman–Crippen MR) is 122 cm³/mol. The van der Waals surface area contributed by atoms with Crippen molar-refractivity contribution in [1.29, 1.82) is 0 Å². The van der Waals surface area contributed by atoms with Crippen LogP contribution in [0.25, 0.3) is 0 Å². The van der Waals surface area contributed by atoms with Gasteiger partial charge in [-0.2, -0.15) is 0 Å². The molecule has 1 rings (SSSR count). The summed E-state index contributed by atoms with van der Waals surface area (Å²) in [5.41, 5.74) is 0. The summed E-state index contributed by atoms with van der Waals surface area (Å²) in [6.45, 7) is 6.95. The number of aliphatic hydroxyl groups is 1. The van der Waals surface area contributed by atoms with Gasteiger partial charge in [-0.3, -0.25) is 4.99 Å². The van der Waals surface area contributed by atoms with E-state index in [0.717, 1.165) is 37.2 Å². The molecule has 10 heteroatoms. The number of hydrogen-bond acceptors (Lipinski definition) is 6. The number of aliphatic imine (C=N–C) groups is 1. The fraction of sp³-hybridized carbons (Fsp3) is 0.706. The van der Waals surface area contributed by atoms with Crippen LogP contribution in [0, 0.1) is 0 Å². The number of aliphatic hydroxyl groups excluding tert-OH is 1. The first-order valence-electron chi connectivity index (χ1n) is 9.03. The second-order valence-electron chi connectivity index (χ2n) is 5.83. The van der Waals surface area contributed by atoms with Crippen LogP contribution < -0.4 is 10.6 Å². The molecule has 1 aromatic heterocycles. The normalized spacial score (nSPS) is 13.1. The van der Waals surface area contributed by atoms with Crippen LogP contribution in [-0.2, 0) is 14.6 Å². The summed E-state index contributed by atoms with van der Waals surface area (Å²) in [6.07, 6.45) is 2.00. The van der Waals surface area contributed by atoms with Gasteiger partial charge in [-0.1, -0.05) is 19.4 Å². The summed E-state index contributed by atoms with van der Waals surface area (Å²) < 4.78 is 30.1. The van der Waals surface area contributed by atoms with E-state index in [2.05, 4.69) is 22.5 Å². The van der Waals surface area contributed by atoms with Crippen molar-refractivity contribution in [3.05, 3.63) is 17.5 Å². The van der Waals surface area contributed by atoms with Gasteiger partial charge in [0, 0.05) is 26.3 Å². The molecule has 1 heterocycles. The molecular weight excluding hydrogens is 501 g/mol. The summed E-state index contributed by atoms with van der Waals surface area (Å²) in [7, 11) is -3.47. The molecule has 0 radical (unpaired) electrons. The van der Waals surface area contributed by atoms with E-state index < -0.39 is 15.9 Å². The Kier molecular flexibility index (Phi) is 15.2. The highest BCUT2D eigenvalue weighted by Crippen LogP contribution is 2.18. The lowest BCUT2D eigenvalue weighted by atomic mass is 10.4. The number of unbranched alkanes of at least 4 members (excludes halogenated alkanes) is 1. The number of halogens is 1. The van der Waals surface area contributed by atoms with Crippen LogP contribution in [0.2, 0.25) is 0 Å². The Morgan fingerprint density at radius 1 is 1.30 bits per heavy atom. The van der Waals surface area contributed by atoms with Crippen molar-refractivity contribution in [2.24, 2.45) is 4.99 Å². The van der Waals surface area contributed by atoms with Crippen LogP contribution in [0.15, 0.2) is 26.7 Å². The van der Waals surface area contributed by atoms with E-state index in [4.69, 9.17) is 4.74 Å². The van der Waals surface area contributed by atoms with Gasteiger partial charge in [0.1, 0.15) is 4.21 Å². The molecule has 0 bridgehead atoms. The summed E-state index contributed by atoms with van der Waals surface area (Å²) in [5, 5.41) is 18.0. The van der Waals surface area contributed by atoms with E-state index >= 15 is 0 Å². The molecule has 3 N–H and O–H groups in total. The average molecular weight is 533 g/mol. The van der Waals surface area contributed by atoms with Crippen molar-refractivity contribution in [2.75, 3.05) is 38.6 Å². The lowest BCUT2D eigenvalue weighted by Crippen LogP contribution is -2.39. The highest BCUT2D eigenvalue weighted by molar-refractivity contribution is 14.0. The minimum absolute atomic E-state index is 0. The van der Waals surface area contributed by atoms with Crippen molar-refractivity contribution in [2.45, 2.75) is 43.4 Å². The molecule has 0 aromatic carbocycles. The number of thiophene rings is 1. The zero-order chi connectivity index (χ0) is 19.3. The molecule has 7 nitrogen and oxygen atoms in total. The molecule has 1 unspecified atom stereocenters. The third-order valence-electron chi connectivity index (χ3n) is 3.42. The van der Waals surface area contributed by atoms with Crippen LogP contribution in [0.3, 0.4) is 0 Å². The van der Waals surface area contributed by atoms with E-state index in [0.29, 0.717) is 25.7 Å². The van der Waals surface area contributed by atoms with Gasteiger partial charge in [-0.15, -0.1) is 35.3 Å². The Morgan fingerprint density at radius 3 is 2.67 bits per heavy atom. The number of ether oxygens (including phenoxy) is 1. The lowest BCUT2D eigenvalue weighted by molar-refractivity contribution is 0.129. The third kappa shape index (κ3) is 11.9. The molecule has 0 amide bonds. The fourth-order valence-electron chi connectivity index (χ4n) is 2.10. The van der Waals surface area contributed by atoms with E-state index in [1.165, 1.54) is 0 Å². The third-order valence-corrected chi connectivity index (χ3v) is 6.70. The molecule has 0 aliphatic carbocycles. The fourth-order valence-corrected chi connectivity index (χ4v) is 4.56. The Labute approximate surface area is 183 Å². The number of nitrogens with zero attached hydrogens (tertiary/aromatic N) is 1. The van der Waals surface area contributed by atoms with Gasteiger partial charge < -0.3 is 20.5 Å². The molecule has 0 saturated heterocycles. The minimum atomic E-state index is -3.47. The molecule has 0 aliphatic rings. The second kappa shape index (κ2) is 15.5. The quantitative estimate of drug-likeness (QED) is 0.156. The standard InChI is InChI=1S/C17H31N3O4S2.HI/c1-3-5-10-24-11-7-9-19-17(18-4-2)20-13-15(21)14-26(22,23)16-8-6-12-25-16;/h6,8,12,15,21H,3-5,7,9-11,13-14H2,1-2H3,(H2,18,19,20);1H. The SMILES string of the molecule is CCCCOCCCNC(=NCC(O)CS(=O)(=O)c1cccs1)NCC.I. The summed E-state index contributed by atoms with van der Waals surface area (Å²) in [4.78, 5) is 4.27. The van der Waals surface area contributed by atoms with Crippen molar-refractivity contribution in [3.8, 4) is 0 Å². The molecule has 0 fully saturated rings. The van der Waals surface area contributed by atoms with Gasteiger partial charge in [0.15, 0.2) is 15.8 Å². The number of hydrogen-bond donors (Lipinski definition) is 3. The smallest absolute Gasteiger partial charge is 0.191 e. The maximum Gasteiger partial charge on any atom is 0.191 e. The van der Waals surface area contributed by atoms with Gasteiger partial charge in [0.25, 0.3) is 0 Å². The first-order chi connectivity index (χ1) is 12.5. The van der Waals surface area contributed by atoms with E-state index in [1.54, 1.807) is 17.5 Å². The Balaban J connectivity index is 0.00000676. The van der Waals surface area contributed by atoms with Gasteiger partial charge in [-0.05, 0) is 31.2 Å². The van der Waals surface area contributed by atoms with E-state index in [-0.39, 0.29) is 40.5 Å². The molecule has 1 atom stereocenters. The molecule has 0 spiro atoms. The van der Waals surface area contributed by atoms with Gasteiger partial charge in [0.05, 0.1) is 18.4 Å². The topological polar surface area (TPSA) is 100 Å². The van der Waals surface area contributed by atoms with Crippen molar-refractivity contribution >= 4 is 51.1 Å². The number of nitrogens with one attached hydrogen (secondary N) is 2. The van der Waals surface area contributed by atoms with E-state index in [1.807, 2.05) is 6.92 Å². The summed E-state index contributed by atoms with van der Waals surface area (Å²) >= 11 is 1.15. The predicted octanol–water partition coefficient (Wildman–Crippen LogP) is 2.26. The molecule has 0 saturated carbocycles. The number of guanidine groups is 1. The van der Waals surface area contributed by atoms with Crippen molar-refractivity contribution in [3.63, 3.8) is 0 Å². The average Bonchev–Trinajstić information content (AvgIpc) is 3.14. The highest BCUT2D eigenvalue weighted by atomic mass is 127. The zero-order valence-corrected chi connectivity index (χ0v) is 20.0. The molecule has 1 aromatic rings. The Hall–Kier alpha value is -0.430. The molecular formula is C17H32IN3O4S2. The Bertz CT molecular complexity index is 610. The molecule has 158 valence electrons. The largest absolute Gasteiger partial charge is 0.390 e. The minimum Gasteiger partial charge on any atom is -0.390 e. The van der Waals surface area contributed by atoms with Crippen LogP contribution in [0.5, 0.6) is 0 Å². The van der Waals surface area contributed by atoms with Gasteiger partial charge in [-0.25, -0.2) is 8.42 Å². The number of rotatable bonds is 13. The van der Waals surface area contributed by atoms with Crippen LogP contribution in [0.4, 0.5) is 0 Å². The first-order valence-corrected chi connectivity index (χ1v) is 11.6. The maximum atomic E-state index is 12.1. The zero-order valence-electron chi connectivity index (χ0n) is 16.0. The highest BCUT2D eigenvalue weighted by Gasteiger charge is 2.20. The van der Waals surface area contributed by atoms with Gasteiger partial charge in [0.2, 0.25) is 0 Å². The van der Waals surface area contributed by atoms with E-state index in [9.17, 15) is 13.5 Å². The van der Waals surface area contributed by atoms with Crippen LogP contribution >= 0.6 is 35.3 Å². The van der Waals surface area contributed by atoms with Crippen LogP contribution in [-0.4, -0.2) is 64.2 Å². The first kappa shape index (κ1) is 26.6. The van der Waals surface area contributed by atoms with Crippen molar-refractivity contribution in [1.82, 2.24) is 10.6 Å². The summed E-state index contributed by atoms with van der Waals surface area (Å²) in [5.74, 6) is 0.232. The van der Waals surface area contributed by atoms with Gasteiger partial charge >= 0.3 is 0 Å². The van der Waals surface area contributed by atoms with Crippen molar-refractivity contribution < 1.29 is 18.3 Å². The number of sulfone groups is 1.